The summed E-state index contributed by atoms with van der Waals surface area (Å²) < 4.78 is 12.8. The summed E-state index contributed by atoms with van der Waals surface area (Å²) in [5.41, 5.74) is 3.65. The lowest BCUT2D eigenvalue weighted by Crippen LogP contribution is -2.41. The van der Waals surface area contributed by atoms with Gasteiger partial charge in [0.05, 0.1) is 42.8 Å². The Balaban J connectivity index is 1.60. The van der Waals surface area contributed by atoms with Gasteiger partial charge in [-0.2, -0.15) is 0 Å². The van der Waals surface area contributed by atoms with Crippen LogP contribution < -0.4 is 24.5 Å². The second-order valence-corrected chi connectivity index (χ2v) is 10.6. The van der Waals surface area contributed by atoms with Crippen molar-refractivity contribution < 1.29 is 19.1 Å². The molecule has 1 atom stereocenters. The number of amides is 1. The van der Waals surface area contributed by atoms with Gasteiger partial charge < -0.3 is 14.4 Å². The van der Waals surface area contributed by atoms with Crippen LogP contribution in [0.25, 0.3) is 5.57 Å². The molecule has 41 heavy (non-hydrogen) atoms. The predicted molar refractivity (Wildman–Crippen MR) is 156 cm³/mol. The summed E-state index contributed by atoms with van der Waals surface area (Å²) in [6.45, 7) is 4.00. The third kappa shape index (κ3) is 4.38. The summed E-state index contributed by atoms with van der Waals surface area (Å²) in [4.78, 5) is 48.4. The average Bonchev–Trinajstić information content (AvgIpc) is 3.45. The van der Waals surface area contributed by atoms with Crippen molar-refractivity contribution in [3.63, 3.8) is 0 Å². The van der Waals surface area contributed by atoms with Gasteiger partial charge in [0.2, 0.25) is 0 Å². The van der Waals surface area contributed by atoms with Crippen molar-refractivity contribution in [2.75, 3.05) is 18.6 Å². The molecule has 2 aliphatic heterocycles. The molecule has 0 aliphatic carbocycles. The van der Waals surface area contributed by atoms with E-state index >= 15 is 0 Å². The van der Waals surface area contributed by atoms with Crippen LogP contribution in [0.5, 0.6) is 5.75 Å². The standard InChI is InChI=1S/C32H27N3O5S/c1-4-40-31(38)25-19(2)33-32-35(27(25)22-15-9-11-17-24(22)39-3)30(37)28(41-32)26-21-14-8-10-16-23(21)34(29(26)36)18-20-12-6-5-7-13-20/h5-17,27H,4,18H2,1-3H3/b28-26-/t27-/m1/s1. The molecular weight excluding hydrogens is 538 g/mol. The molecule has 206 valence electrons. The van der Waals surface area contributed by atoms with E-state index in [0.29, 0.717) is 39.5 Å². The number of hydrogen-bond acceptors (Lipinski definition) is 7. The Morgan fingerprint density at radius 3 is 2.44 bits per heavy atom. The van der Waals surface area contributed by atoms with Gasteiger partial charge in [-0.25, -0.2) is 9.79 Å². The van der Waals surface area contributed by atoms with Gasteiger partial charge >= 0.3 is 5.97 Å². The Morgan fingerprint density at radius 2 is 1.68 bits per heavy atom. The first-order valence-corrected chi connectivity index (χ1v) is 14.1. The fraction of sp³-hybridized carbons (Fsp3) is 0.188. The number of rotatable bonds is 6. The number of ether oxygens (including phenoxy) is 2. The van der Waals surface area contributed by atoms with Gasteiger partial charge in [0.15, 0.2) is 4.80 Å². The molecule has 0 unspecified atom stereocenters. The first-order valence-electron chi connectivity index (χ1n) is 13.2. The average molecular weight is 566 g/mol. The van der Waals surface area contributed by atoms with Crippen LogP contribution in [0.2, 0.25) is 0 Å². The number of hydrogen-bond donors (Lipinski definition) is 0. The molecule has 6 rings (SSSR count). The molecule has 0 saturated carbocycles. The number of allylic oxidation sites excluding steroid dienone is 1. The Kier molecular flexibility index (Phi) is 6.88. The SMILES string of the molecule is CCOC(=O)C1=C(C)N=c2s/c(=C3\C(=O)N(Cc4ccccc4)c4ccccc43)c(=O)n2[C@@H]1c1ccccc1OC. The van der Waals surface area contributed by atoms with Crippen molar-refractivity contribution >= 4 is 34.5 Å². The molecule has 4 aromatic rings. The molecule has 1 amide bonds. The molecular formula is C32H27N3O5S. The second-order valence-electron chi connectivity index (χ2n) is 9.63. The third-order valence-electron chi connectivity index (χ3n) is 7.26. The van der Waals surface area contributed by atoms with Crippen molar-refractivity contribution in [2.45, 2.75) is 26.4 Å². The van der Waals surface area contributed by atoms with Gasteiger partial charge in [0, 0.05) is 11.1 Å². The van der Waals surface area contributed by atoms with Crippen LogP contribution in [0.4, 0.5) is 5.69 Å². The number of fused-ring (bicyclic) bond motifs is 2. The first-order chi connectivity index (χ1) is 19.9. The topological polar surface area (TPSA) is 90.2 Å². The van der Waals surface area contributed by atoms with Gasteiger partial charge in [-0.05, 0) is 31.5 Å². The highest BCUT2D eigenvalue weighted by Crippen LogP contribution is 2.38. The molecule has 1 aromatic heterocycles. The van der Waals surface area contributed by atoms with Crippen LogP contribution in [0.1, 0.15) is 36.6 Å². The van der Waals surface area contributed by atoms with Crippen LogP contribution in [0.15, 0.2) is 99.9 Å². The molecule has 9 heteroatoms. The van der Waals surface area contributed by atoms with E-state index in [4.69, 9.17) is 9.47 Å². The fourth-order valence-electron chi connectivity index (χ4n) is 5.45. The highest BCUT2D eigenvalue weighted by atomic mass is 32.1. The molecule has 0 spiro atoms. The van der Waals surface area contributed by atoms with E-state index in [1.165, 1.54) is 4.57 Å². The summed E-state index contributed by atoms with van der Waals surface area (Å²) in [5, 5.41) is 0. The molecule has 8 nitrogen and oxygen atoms in total. The molecule has 3 heterocycles. The number of nitrogens with zero attached hydrogens (tertiary/aromatic N) is 3. The van der Waals surface area contributed by atoms with Gasteiger partial charge in [-0.15, -0.1) is 0 Å². The molecule has 0 N–H and O–H groups in total. The zero-order valence-corrected chi connectivity index (χ0v) is 23.6. The number of aromatic nitrogens is 1. The zero-order valence-electron chi connectivity index (χ0n) is 22.8. The predicted octanol–water partition coefficient (Wildman–Crippen LogP) is 3.72. The van der Waals surface area contributed by atoms with Crippen molar-refractivity contribution in [3.05, 3.63) is 127 Å². The van der Waals surface area contributed by atoms with Crippen LogP contribution in [0.3, 0.4) is 0 Å². The number of methoxy groups -OCH3 is 1. The summed E-state index contributed by atoms with van der Waals surface area (Å²) in [5.74, 6) is -0.294. The van der Waals surface area contributed by atoms with E-state index in [2.05, 4.69) is 4.99 Å². The van der Waals surface area contributed by atoms with Crippen molar-refractivity contribution in [2.24, 2.45) is 4.99 Å². The van der Waals surface area contributed by atoms with Crippen molar-refractivity contribution in [1.29, 1.82) is 0 Å². The largest absolute Gasteiger partial charge is 0.496 e. The number of benzene rings is 3. The number of esters is 1. The van der Waals surface area contributed by atoms with Gasteiger partial charge in [0.1, 0.15) is 16.3 Å². The lowest BCUT2D eigenvalue weighted by Gasteiger charge is -2.25. The highest BCUT2D eigenvalue weighted by Gasteiger charge is 2.38. The van der Waals surface area contributed by atoms with Crippen molar-refractivity contribution in [3.8, 4) is 5.75 Å². The molecule has 3 aromatic carbocycles. The number of para-hydroxylation sites is 2. The van der Waals surface area contributed by atoms with Crippen LogP contribution in [-0.4, -0.2) is 30.2 Å². The van der Waals surface area contributed by atoms with E-state index in [1.54, 1.807) is 31.9 Å². The fourth-order valence-corrected chi connectivity index (χ4v) is 6.59. The molecule has 2 aliphatic rings. The number of thiazole rings is 1. The van der Waals surface area contributed by atoms with Crippen molar-refractivity contribution in [1.82, 2.24) is 4.57 Å². The van der Waals surface area contributed by atoms with E-state index in [1.807, 2.05) is 72.8 Å². The Labute approximate surface area is 240 Å². The minimum absolute atomic E-state index is 0.172. The molecule has 0 saturated heterocycles. The highest BCUT2D eigenvalue weighted by molar-refractivity contribution is 7.07. The quantitative estimate of drug-likeness (QED) is 0.333. The smallest absolute Gasteiger partial charge is 0.338 e. The minimum atomic E-state index is -0.844. The number of carbonyl (C=O) groups is 2. The van der Waals surface area contributed by atoms with Gasteiger partial charge in [-0.1, -0.05) is 78.1 Å². The maximum atomic E-state index is 14.3. The third-order valence-corrected chi connectivity index (χ3v) is 8.31. The second kappa shape index (κ2) is 10.7. The van der Waals surface area contributed by atoms with E-state index < -0.39 is 17.6 Å². The number of anilines is 1. The summed E-state index contributed by atoms with van der Waals surface area (Å²) >= 11 is 1.15. The first kappa shape index (κ1) is 26.5. The summed E-state index contributed by atoms with van der Waals surface area (Å²) in [6, 6.07) is 23.6. The van der Waals surface area contributed by atoms with Crippen LogP contribution in [0, 0.1) is 0 Å². The summed E-state index contributed by atoms with van der Waals surface area (Å²) in [6.07, 6.45) is 0. The van der Waals surface area contributed by atoms with E-state index in [-0.39, 0.29) is 22.6 Å². The molecule has 0 bridgehead atoms. The Hall–Kier alpha value is -4.76. The molecule has 0 radical (unpaired) electrons. The number of carbonyl (C=O) groups excluding carboxylic acids is 2. The van der Waals surface area contributed by atoms with Gasteiger partial charge in [0.25, 0.3) is 11.5 Å². The normalized spacial score (nSPS) is 17.2. The van der Waals surface area contributed by atoms with Crippen LogP contribution in [-0.2, 0) is 20.9 Å². The van der Waals surface area contributed by atoms with Crippen LogP contribution >= 0.6 is 11.3 Å². The summed E-state index contributed by atoms with van der Waals surface area (Å²) in [7, 11) is 1.54. The molecule has 0 fully saturated rings. The zero-order chi connectivity index (χ0) is 28.7. The maximum absolute atomic E-state index is 14.3. The lowest BCUT2D eigenvalue weighted by atomic mass is 9.95. The van der Waals surface area contributed by atoms with E-state index in [0.717, 1.165) is 22.6 Å². The Morgan fingerprint density at radius 1 is 0.976 bits per heavy atom. The van der Waals surface area contributed by atoms with E-state index in [9.17, 15) is 14.4 Å². The minimum Gasteiger partial charge on any atom is -0.496 e. The monoisotopic (exact) mass is 565 g/mol. The van der Waals surface area contributed by atoms with Gasteiger partial charge in [-0.3, -0.25) is 14.2 Å². The Bertz CT molecular complexity index is 1910. The maximum Gasteiger partial charge on any atom is 0.338 e. The lowest BCUT2D eigenvalue weighted by molar-refractivity contribution is -0.139.